The molecule has 0 aliphatic heterocycles. The summed E-state index contributed by atoms with van der Waals surface area (Å²) in [6.07, 6.45) is 1.38. The molecular formula is C10H11ClO4S. The van der Waals surface area contributed by atoms with Crippen molar-refractivity contribution in [2.24, 2.45) is 0 Å². The first-order chi connectivity index (χ1) is 7.46. The topological polar surface area (TPSA) is 52.6 Å². The highest BCUT2D eigenvalue weighted by atomic mass is 35.7. The van der Waals surface area contributed by atoms with Gasteiger partial charge in [0.15, 0.2) is 11.5 Å². The molecule has 0 spiro atoms. The Morgan fingerprint density at radius 2 is 1.81 bits per heavy atom. The Hall–Kier alpha value is -1.20. The summed E-state index contributed by atoms with van der Waals surface area (Å²) in [4.78, 5) is 0. The highest BCUT2D eigenvalue weighted by Gasteiger charge is 2.03. The van der Waals surface area contributed by atoms with Crippen LogP contribution >= 0.6 is 10.7 Å². The molecule has 0 saturated heterocycles. The molecule has 0 atom stereocenters. The summed E-state index contributed by atoms with van der Waals surface area (Å²) in [7, 11) is 4.43. The van der Waals surface area contributed by atoms with Crippen molar-refractivity contribution < 1.29 is 17.9 Å². The zero-order valence-electron chi connectivity index (χ0n) is 8.81. The van der Waals surface area contributed by atoms with Gasteiger partial charge in [-0.2, -0.15) is 0 Å². The molecule has 1 aromatic rings. The van der Waals surface area contributed by atoms with Gasteiger partial charge >= 0.3 is 0 Å². The lowest BCUT2D eigenvalue weighted by Crippen LogP contribution is -1.90. The van der Waals surface area contributed by atoms with Gasteiger partial charge in [0.1, 0.15) is 0 Å². The van der Waals surface area contributed by atoms with Gasteiger partial charge in [0.05, 0.1) is 14.2 Å². The third kappa shape index (κ3) is 3.75. The zero-order valence-corrected chi connectivity index (χ0v) is 10.4. The lowest BCUT2D eigenvalue weighted by molar-refractivity contribution is 0.355. The van der Waals surface area contributed by atoms with E-state index < -0.39 is 9.05 Å². The average Bonchev–Trinajstić information content (AvgIpc) is 2.25. The second kappa shape index (κ2) is 5.23. The lowest BCUT2D eigenvalue weighted by atomic mass is 10.2. The molecule has 0 aromatic heterocycles. The molecule has 0 bridgehead atoms. The molecule has 0 amide bonds. The van der Waals surface area contributed by atoms with E-state index in [1.54, 1.807) is 18.2 Å². The number of benzene rings is 1. The summed E-state index contributed by atoms with van der Waals surface area (Å²) in [5.41, 5.74) is 0.655. The van der Waals surface area contributed by atoms with Crippen LogP contribution in [-0.4, -0.2) is 22.6 Å². The fourth-order valence-electron chi connectivity index (χ4n) is 1.12. The third-order valence-electron chi connectivity index (χ3n) is 1.83. The Bertz CT molecular complexity index is 494. The van der Waals surface area contributed by atoms with E-state index in [4.69, 9.17) is 20.2 Å². The number of ether oxygens (including phenoxy) is 2. The van der Waals surface area contributed by atoms with Gasteiger partial charge in [0.25, 0.3) is 9.05 Å². The van der Waals surface area contributed by atoms with E-state index in [0.29, 0.717) is 17.1 Å². The summed E-state index contributed by atoms with van der Waals surface area (Å²) in [5.74, 6) is 1.10. The van der Waals surface area contributed by atoms with Gasteiger partial charge in [-0.15, -0.1) is 0 Å². The monoisotopic (exact) mass is 262 g/mol. The number of halogens is 1. The molecule has 1 rings (SSSR count). The second-order valence-corrected chi connectivity index (χ2v) is 5.41. The van der Waals surface area contributed by atoms with Gasteiger partial charge < -0.3 is 9.47 Å². The number of hydrogen-bond acceptors (Lipinski definition) is 4. The summed E-state index contributed by atoms with van der Waals surface area (Å²) >= 11 is 0. The maximum Gasteiger partial charge on any atom is 0.254 e. The molecule has 6 heteroatoms. The Morgan fingerprint density at radius 3 is 2.31 bits per heavy atom. The second-order valence-electron chi connectivity index (χ2n) is 2.89. The largest absolute Gasteiger partial charge is 0.493 e. The van der Waals surface area contributed by atoms with E-state index in [1.807, 2.05) is 0 Å². The molecule has 0 radical (unpaired) electrons. The fourth-order valence-corrected chi connectivity index (χ4v) is 1.59. The standard InChI is InChI=1S/C10H11ClO4S/c1-14-9-4-3-8(7-10(9)15-2)5-6-16(11,12)13/h3-7H,1-2H3/b6-5+. The minimum Gasteiger partial charge on any atom is -0.493 e. The average molecular weight is 263 g/mol. The minimum absolute atomic E-state index is 0.525. The first kappa shape index (κ1) is 12.9. The number of hydrogen-bond donors (Lipinski definition) is 0. The summed E-state index contributed by atoms with van der Waals surface area (Å²) in [6, 6.07) is 5.02. The van der Waals surface area contributed by atoms with Gasteiger partial charge in [0.2, 0.25) is 0 Å². The molecule has 1 aromatic carbocycles. The van der Waals surface area contributed by atoms with Gasteiger partial charge in [0, 0.05) is 16.1 Å². The Labute approximate surface area is 98.9 Å². The Kier molecular flexibility index (Phi) is 4.20. The van der Waals surface area contributed by atoms with E-state index in [1.165, 1.54) is 20.3 Å². The van der Waals surface area contributed by atoms with Gasteiger partial charge in [-0.25, -0.2) is 8.42 Å². The molecule has 0 aliphatic carbocycles. The van der Waals surface area contributed by atoms with Crippen LogP contribution in [0.25, 0.3) is 6.08 Å². The molecule has 0 fully saturated rings. The van der Waals surface area contributed by atoms with Gasteiger partial charge in [-0.05, 0) is 23.8 Å². The predicted molar refractivity (Wildman–Crippen MR) is 63.4 cm³/mol. The quantitative estimate of drug-likeness (QED) is 0.781. The lowest BCUT2D eigenvalue weighted by Gasteiger charge is -2.07. The van der Waals surface area contributed by atoms with Crippen molar-refractivity contribution in [3.63, 3.8) is 0 Å². The third-order valence-corrected chi connectivity index (χ3v) is 2.60. The van der Waals surface area contributed by atoms with E-state index in [9.17, 15) is 8.42 Å². The molecule has 0 N–H and O–H groups in total. The van der Waals surface area contributed by atoms with Crippen LogP contribution in [0, 0.1) is 0 Å². The molecule has 0 saturated carbocycles. The van der Waals surface area contributed by atoms with Crippen LogP contribution in [0.2, 0.25) is 0 Å². The first-order valence-electron chi connectivity index (χ1n) is 4.31. The fraction of sp³-hybridized carbons (Fsp3) is 0.200. The summed E-state index contributed by atoms with van der Waals surface area (Å²) < 4.78 is 31.5. The van der Waals surface area contributed by atoms with Crippen LogP contribution in [0.5, 0.6) is 11.5 Å². The van der Waals surface area contributed by atoms with Crippen LogP contribution in [0.1, 0.15) is 5.56 Å². The smallest absolute Gasteiger partial charge is 0.254 e. The maximum atomic E-state index is 10.7. The zero-order chi connectivity index (χ0) is 12.2. The molecule has 0 aliphatic rings. The molecule has 4 nitrogen and oxygen atoms in total. The summed E-state index contributed by atoms with van der Waals surface area (Å²) in [5, 5.41) is 0.913. The molecular weight excluding hydrogens is 252 g/mol. The van der Waals surface area contributed by atoms with Gasteiger partial charge in [-0.3, -0.25) is 0 Å². The van der Waals surface area contributed by atoms with Crippen molar-refractivity contribution in [2.45, 2.75) is 0 Å². The SMILES string of the molecule is COc1ccc(/C=C/S(=O)(=O)Cl)cc1OC. The van der Waals surface area contributed by atoms with Crippen LogP contribution in [0.4, 0.5) is 0 Å². The molecule has 16 heavy (non-hydrogen) atoms. The van der Waals surface area contributed by atoms with Crippen molar-refractivity contribution in [2.75, 3.05) is 14.2 Å². The Balaban J connectivity index is 3.05. The highest BCUT2D eigenvalue weighted by molar-refractivity contribution is 8.16. The van der Waals surface area contributed by atoms with Crippen molar-refractivity contribution in [1.29, 1.82) is 0 Å². The van der Waals surface area contributed by atoms with Crippen molar-refractivity contribution in [3.05, 3.63) is 29.2 Å². The van der Waals surface area contributed by atoms with Crippen molar-refractivity contribution in [1.82, 2.24) is 0 Å². The van der Waals surface area contributed by atoms with Crippen molar-refractivity contribution >= 4 is 25.8 Å². The number of methoxy groups -OCH3 is 2. The molecule has 88 valence electrons. The van der Waals surface area contributed by atoms with E-state index >= 15 is 0 Å². The molecule has 0 unspecified atom stereocenters. The summed E-state index contributed by atoms with van der Waals surface area (Å²) in [6.45, 7) is 0. The minimum atomic E-state index is -3.64. The Morgan fingerprint density at radius 1 is 1.19 bits per heavy atom. The number of rotatable bonds is 4. The van der Waals surface area contributed by atoms with Crippen LogP contribution < -0.4 is 9.47 Å². The van der Waals surface area contributed by atoms with E-state index in [2.05, 4.69) is 0 Å². The van der Waals surface area contributed by atoms with E-state index in [-0.39, 0.29) is 0 Å². The predicted octanol–water partition coefficient (Wildman–Crippen LogP) is 2.24. The van der Waals surface area contributed by atoms with Crippen LogP contribution in [0.15, 0.2) is 23.6 Å². The van der Waals surface area contributed by atoms with Crippen LogP contribution in [0.3, 0.4) is 0 Å². The normalized spacial score (nSPS) is 11.7. The van der Waals surface area contributed by atoms with E-state index in [0.717, 1.165) is 5.41 Å². The van der Waals surface area contributed by atoms with Crippen molar-refractivity contribution in [3.8, 4) is 11.5 Å². The van der Waals surface area contributed by atoms with Gasteiger partial charge in [-0.1, -0.05) is 6.07 Å². The van der Waals surface area contributed by atoms with Crippen LogP contribution in [-0.2, 0) is 9.05 Å². The highest BCUT2D eigenvalue weighted by Crippen LogP contribution is 2.28. The molecule has 0 heterocycles. The maximum absolute atomic E-state index is 10.7. The first-order valence-corrected chi connectivity index (χ1v) is 6.68.